The van der Waals surface area contributed by atoms with E-state index < -0.39 is 0 Å². The van der Waals surface area contributed by atoms with Crippen LogP contribution >= 0.6 is 34.7 Å². The lowest BCUT2D eigenvalue weighted by atomic mass is 10.1. The van der Waals surface area contributed by atoms with Gasteiger partial charge in [-0.3, -0.25) is 4.79 Å². The minimum atomic E-state index is 0.126. The van der Waals surface area contributed by atoms with Crippen LogP contribution in [0.15, 0.2) is 50.6 Å². The SMILES string of the molecule is O=C1CCCN1Cc1nnc(Sc2ncnc3scc(-c4ccc(Cl)cc4)c23)o1. The summed E-state index contributed by atoms with van der Waals surface area (Å²) in [6, 6.07) is 7.67. The molecule has 0 N–H and O–H groups in total. The number of rotatable bonds is 5. The zero-order valence-corrected chi connectivity index (χ0v) is 17.4. The molecular weight excluding hydrogens is 430 g/mol. The third kappa shape index (κ3) is 3.73. The van der Waals surface area contributed by atoms with Crippen LogP contribution in [0.25, 0.3) is 21.3 Å². The molecule has 10 heteroatoms. The second-order valence-corrected chi connectivity index (χ2v) is 8.73. The van der Waals surface area contributed by atoms with Crippen LogP contribution in [-0.4, -0.2) is 37.5 Å². The van der Waals surface area contributed by atoms with E-state index in [0.29, 0.717) is 29.1 Å². The topological polar surface area (TPSA) is 85.0 Å². The molecule has 4 heterocycles. The molecule has 0 unspecified atom stereocenters. The normalized spacial score (nSPS) is 14.2. The van der Waals surface area contributed by atoms with Crippen molar-refractivity contribution in [2.75, 3.05) is 6.54 Å². The molecule has 1 saturated heterocycles. The Morgan fingerprint density at radius 1 is 1.21 bits per heavy atom. The first kappa shape index (κ1) is 18.5. The van der Waals surface area contributed by atoms with E-state index in [0.717, 1.165) is 39.3 Å². The van der Waals surface area contributed by atoms with Gasteiger partial charge >= 0.3 is 0 Å². The van der Waals surface area contributed by atoms with E-state index in [4.69, 9.17) is 16.0 Å². The van der Waals surface area contributed by atoms with Gasteiger partial charge in [0.1, 0.15) is 16.2 Å². The molecule has 0 radical (unpaired) electrons. The van der Waals surface area contributed by atoms with Gasteiger partial charge < -0.3 is 9.32 Å². The summed E-state index contributed by atoms with van der Waals surface area (Å²) < 4.78 is 5.76. The number of carbonyl (C=O) groups excluding carboxylic acids is 1. The minimum absolute atomic E-state index is 0.126. The number of halogens is 1. The first-order valence-electron chi connectivity index (χ1n) is 8.93. The van der Waals surface area contributed by atoms with E-state index in [2.05, 4.69) is 25.5 Å². The summed E-state index contributed by atoms with van der Waals surface area (Å²) in [6.45, 7) is 1.08. The molecular formula is C19H14ClN5O2S2. The molecule has 0 spiro atoms. The van der Waals surface area contributed by atoms with Crippen LogP contribution in [0.4, 0.5) is 0 Å². The van der Waals surface area contributed by atoms with Crippen LogP contribution in [0.2, 0.25) is 5.02 Å². The Morgan fingerprint density at radius 3 is 2.86 bits per heavy atom. The van der Waals surface area contributed by atoms with Gasteiger partial charge in [0.25, 0.3) is 5.22 Å². The number of nitrogens with zero attached hydrogens (tertiary/aromatic N) is 5. The standard InChI is InChI=1S/C19H14ClN5O2S2/c20-12-5-3-11(4-6-12)13-9-28-17-16(13)18(22-10-21-17)29-19-24-23-14(27-19)8-25-7-1-2-15(25)26/h3-6,9-10H,1-2,7-8H2. The first-order chi connectivity index (χ1) is 14.2. The van der Waals surface area contributed by atoms with Crippen LogP contribution in [0.1, 0.15) is 18.7 Å². The van der Waals surface area contributed by atoms with E-state index in [1.165, 1.54) is 18.1 Å². The van der Waals surface area contributed by atoms with Crippen LogP contribution in [0.5, 0.6) is 0 Å². The van der Waals surface area contributed by atoms with E-state index in [1.54, 1.807) is 16.2 Å². The lowest BCUT2D eigenvalue weighted by Crippen LogP contribution is -2.23. The maximum absolute atomic E-state index is 11.8. The van der Waals surface area contributed by atoms with Gasteiger partial charge in [0, 0.05) is 28.9 Å². The summed E-state index contributed by atoms with van der Waals surface area (Å²) in [5, 5.41) is 13.0. The molecule has 1 amide bonds. The van der Waals surface area contributed by atoms with E-state index in [9.17, 15) is 4.79 Å². The highest BCUT2D eigenvalue weighted by Crippen LogP contribution is 2.40. The Morgan fingerprint density at radius 2 is 2.07 bits per heavy atom. The molecule has 3 aromatic heterocycles. The molecule has 7 nitrogen and oxygen atoms in total. The third-order valence-electron chi connectivity index (χ3n) is 4.62. The average Bonchev–Trinajstić information content (AvgIpc) is 3.44. The van der Waals surface area contributed by atoms with Crippen molar-refractivity contribution in [2.24, 2.45) is 0 Å². The van der Waals surface area contributed by atoms with Gasteiger partial charge in [0.2, 0.25) is 11.8 Å². The fourth-order valence-electron chi connectivity index (χ4n) is 3.23. The van der Waals surface area contributed by atoms with E-state index in [-0.39, 0.29) is 5.91 Å². The molecule has 1 aromatic carbocycles. The Kier molecular flexibility index (Phi) is 4.94. The Bertz CT molecular complexity index is 1190. The predicted molar refractivity (Wildman–Crippen MR) is 111 cm³/mol. The van der Waals surface area contributed by atoms with Gasteiger partial charge in [-0.1, -0.05) is 23.7 Å². The summed E-state index contributed by atoms with van der Waals surface area (Å²) in [6.07, 6.45) is 2.99. The van der Waals surface area contributed by atoms with Gasteiger partial charge in [-0.2, -0.15) is 0 Å². The minimum Gasteiger partial charge on any atom is -0.414 e. The summed E-state index contributed by atoms with van der Waals surface area (Å²) in [5.41, 5.74) is 2.07. The number of carbonyl (C=O) groups is 1. The highest BCUT2D eigenvalue weighted by molar-refractivity contribution is 7.99. The van der Waals surface area contributed by atoms with Crippen molar-refractivity contribution in [3.8, 4) is 11.1 Å². The van der Waals surface area contributed by atoms with Gasteiger partial charge in [-0.05, 0) is 35.9 Å². The fraction of sp³-hybridized carbons (Fsp3) is 0.211. The van der Waals surface area contributed by atoms with Crippen molar-refractivity contribution in [3.05, 3.63) is 46.9 Å². The monoisotopic (exact) mass is 443 g/mol. The van der Waals surface area contributed by atoms with Crippen LogP contribution in [-0.2, 0) is 11.3 Å². The van der Waals surface area contributed by atoms with Crippen LogP contribution in [0.3, 0.4) is 0 Å². The molecule has 1 aliphatic heterocycles. The maximum atomic E-state index is 11.8. The molecule has 4 aromatic rings. The zero-order valence-electron chi connectivity index (χ0n) is 15.0. The van der Waals surface area contributed by atoms with Gasteiger partial charge in [-0.15, -0.1) is 21.5 Å². The highest BCUT2D eigenvalue weighted by atomic mass is 35.5. The number of hydrogen-bond acceptors (Lipinski definition) is 8. The number of fused-ring (bicyclic) bond motifs is 1. The van der Waals surface area contributed by atoms with Crippen molar-refractivity contribution in [1.29, 1.82) is 0 Å². The number of aromatic nitrogens is 4. The average molecular weight is 444 g/mol. The largest absolute Gasteiger partial charge is 0.414 e. The van der Waals surface area contributed by atoms with Gasteiger partial charge in [-0.25, -0.2) is 9.97 Å². The summed E-state index contributed by atoms with van der Waals surface area (Å²) >= 11 is 8.88. The highest BCUT2D eigenvalue weighted by Gasteiger charge is 2.23. The lowest BCUT2D eigenvalue weighted by molar-refractivity contribution is -0.128. The predicted octanol–water partition coefficient (Wildman–Crippen LogP) is 4.67. The Balaban J connectivity index is 1.44. The molecule has 1 aliphatic rings. The van der Waals surface area contributed by atoms with Crippen LogP contribution < -0.4 is 0 Å². The maximum Gasteiger partial charge on any atom is 0.283 e. The van der Waals surface area contributed by atoms with Crippen molar-refractivity contribution in [2.45, 2.75) is 29.6 Å². The number of amides is 1. The van der Waals surface area contributed by atoms with E-state index in [1.807, 2.05) is 24.3 Å². The second-order valence-electron chi connectivity index (χ2n) is 6.50. The summed E-state index contributed by atoms with van der Waals surface area (Å²) in [7, 11) is 0. The van der Waals surface area contributed by atoms with Crippen molar-refractivity contribution < 1.29 is 9.21 Å². The molecule has 0 aliphatic carbocycles. The van der Waals surface area contributed by atoms with Crippen molar-refractivity contribution in [3.63, 3.8) is 0 Å². The first-order valence-corrected chi connectivity index (χ1v) is 11.0. The quantitative estimate of drug-likeness (QED) is 0.414. The van der Waals surface area contributed by atoms with E-state index >= 15 is 0 Å². The zero-order chi connectivity index (χ0) is 19.8. The van der Waals surface area contributed by atoms with Gasteiger partial charge in [0.05, 0.1) is 11.9 Å². The number of thiophene rings is 1. The molecule has 5 rings (SSSR count). The molecule has 0 saturated carbocycles. The molecule has 146 valence electrons. The smallest absolute Gasteiger partial charge is 0.283 e. The van der Waals surface area contributed by atoms with Crippen molar-refractivity contribution in [1.82, 2.24) is 25.1 Å². The molecule has 0 bridgehead atoms. The third-order valence-corrected chi connectivity index (χ3v) is 6.60. The Hall–Kier alpha value is -2.49. The summed E-state index contributed by atoms with van der Waals surface area (Å²) in [5.74, 6) is 0.553. The van der Waals surface area contributed by atoms with Crippen LogP contribution in [0, 0.1) is 0 Å². The Labute approximate surface area is 179 Å². The van der Waals surface area contributed by atoms with Gasteiger partial charge in [0.15, 0.2) is 0 Å². The summed E-state index contributed by atoms with van der Waals surface area (Å²) in [4.78, 5) is 23.2. The number of benzene rings is 1. The molecule has 1 fully saturated rings. The fourth-order valence-corrected chi connectivity index (χ4v) is 5.13. The number of hydrogen-bond donors (Lipinski definition) is 0. The second kappa shape index (κ2) is 7.74. The molecule has 29 heavy (non-hydrogen) atoms. The molecule has 0 atom stereocenters. The lowest BCUT2D eigenvalue weighted by Gasteiger charge is -2.11. The van der Waals surface area contributed by atoms with Crippen molar-refractivity contribution >= 4 is 50.8 Å². The number of likely N-dealkylation sites (tertiary alicyclic amines) is 1.